The molecule has 1 amide bonds. The van der Waals surface area contributed by atoms with Gasteiger partial charge in [0.25, 0.3) is 5.91 Å². The molecule has 14 heavy (non-hydrogen) atoms. The lowest BCUT2D eigenvalue weighted by atomic mass is 10.2. The first-order valence-corrected chi connectivity index (χ1v) is 4.66. The topological polar surface area (TPSA) is 38.3 Å². The molecule has 0 unspecified atom stereocenters. The first kappa shape index (κ1) is 10.7. The predicted octanol–water partition coefficient (Wildman–Crippen LogP) is 1.25. The Morgan fingerprint density at radius 1 is 1.50 bits per heavy atom. The van der Waals surface area contributed by atoms with E-state index in [1.807, 2.05) is 6.92 Å². The molecule has 0 aliphatic rings. The van der Waals surface area contributed by atoms with Gasteiger partial charge in [-0.1, -0.05) is 12.1 Å². The summed E-state index contributed by atoms with van der Waals surface area (Å²) in [5, 5.41) is 2.76. The number of ether oxygens (including phenoxy) is 1. The molecule has 1 aromatic rings. The van der Waals surface area contributed by atoms with E-state index in [0.29, 0.717) is 25.3 Å². The monoisotopic (exact) mass is 192 g/mol. The molecular weight excluding hydrogens is 178 g/mol. The van der Waals surface area contributed by atoms with Crippen LogP contribution in [0.25, 0.3) is 0 Å². The quantitative estimate of drug-likeness (QED) is 0.713. The molecule has 3 nitrogen and oxygen atoms in total. The Kier molecular flexibility index (Phi) is 4.72. The van der Waals surface area contributed by atoms with Crippen molar-refractivity contribution < 1.29 is 9.53 Å². The van der Waals surface area contributed by atoms with Crippen LogP contribution in [-0.4, -0.2) is 25.7 Å². The standard InChI is InChI=1S/C11H14NO2/c1-2-14-9-8-12-11(13)10-6-4-3-5-7-10/h4-7H,2,8-9H2,1H3,(H,12,13). The molecule has 0 saturated carbocycles. The maximum Gasteiger partial charge on any atom is 0.251 e. The van der Waals surface area contributed by atoms with Crippen molar-refractivity contribution in [3.8, 4) is 0 Å². The van der Waals surface area contributed by atoms with E-state index in [2.05, 4.69) is 11.4 Å². The Bertz CT molecular complexity index is 272. The summed E-state index contributed by atoms with van der Waals surface area (Å²) in [5.74, 6) is -0.0706. The maximum absolute atomic E-state index is 11.4. The summed E-state index contributed by atoms with van der Waals surface area (Å²) in [6.45, 7) is 3.71. The van der Waals surface area contributed by atoms with Crippen LogP contribution in [-0.2, 0) is 4.74 Å². The zero-order chi connectivity index (χ0) is 10.2. The highest BCUT2D eigenvalue weighted by atomic mass is 16.5. The van der Waals surface area contributed by atoms with Gasteiger partial charge >= 0.3 is 0 Å². The van der Waals surface area contributed by atoms with Gasteiger partial charge in [0.1, 0.15) is 0 Å². The summed E-state index contributed by atoms with van der Waals surface area (Å²) in [6.07, 6.45) is 0. The average molecular weight is 192 g/mol. The predicted molar refractivity (Wildman–Crippen MR) is 54.1 cm³/mol. The van der Waals surface area contributed by atoms with E-state index in [4.69, 9.17) is 4.74 Å². The van der Waals surface area contributed by atoms with Gasteiger partial charge in [0.15, 0.2) is 0 Å². The second-order valence-electron chi connectivity index (χ2n) is 2.74. The van der Waals surface area contributed by atoms with Crippen molar-refractivity contribution in [1.82, 2.24) is 5.32 Å². The van der Waals surface area contributed by atoms with E-state index >= 15 is 0 Å². The van der Waals surface area contributed by atoms with Crippen molar-refractivity contribution in [1.29, 1.82) is 0 Å². The lowest BCUT2D eigenvalue weighted by Crippen LogP contribution is -2.27. The average Bonchev–Trinajstić information content (AvgIpc) is 2.25. The number of amides is 1. The summed E-state index contributed by atoms with van der Waals surface area (Å²) in [4.78, 5) is 11.4. The Hall–Kier alpha value is -1.35. The Morgan fingerprint density at radius 2 is 2.21 bits per heavy atom. The number of nitrogens with one attached hydrogen (secondary N) is 1. The molecule has 1 aromatic carbocycles. The summed E-state index contributed by atoms with van der Waals surface area (Å²) >= 11 is 0. The van der Waals surface area contributed by atoms with Crippen LogP contribution in [0, 0.1) is 6.07 Å². The normalized spacial score (nSPS) is 9.79. The molecular formula is C11H14NO2. The first-order valence-electron chi connectivity index (χ1n) is 4.66. The van der Waals surface area contributed by atoms with Crippen LogP contribution < -0.4 is 5.32 Å². The second-order valence-corrected chi connectivity index (χ2v) is 2.74. The van der Waals surface area contributed by atoms with E-state index in [1.54, 1.807) is 24.3 Å². The third kappa shape index (κ3) is 3.58. The molecule has 0 atom stereocenters. The van der Waals surface area contributed by atoms with Crippen LogP contribution >= 0.6 is 0 Å². The van der Waals surface area contributed by atoms with E-state index in [-0.39, 0.29) is 5.91 Å². The highest BCUT2D eigenvalue weighted by Gasteiger charge is 2.01. The van der Waals surface area contributed by atoms with Crippen molar-refractivity contribution in [2.75, 3.05) is 19.8 Å². The minimum atomic E-state index is -0.0706. The summed E-state index contributed by atoms with van der Waals surface area (Å²) < 4.78 is 5.10. The first-order chi connectivity index (χ1) is 6.84. The number of carbonyl (C=O) groups is 1. The van der Waals surface area contributed by atoms with Gasteiger partial charge in [-0.15, -0.1) is 0 Å². The smallest absolute Gasteiger partial charge is 0.251 e. The van der Waals surface area contributed by atoms with E-state index < -0.39 is 0 Å². The van der Waals surface area contributed by atoms with Crippen LogP contribution in [0.5, 0.6) is 0 Å². The molecule has 0 aliphatic heterocycles. The third-order valence-corrected chi connectivity index (χ3v) is 1.72. The van der Waals surface area contributed by atoms with E-state index in [9.17, 15) is 4.79 Å². The molecule has 0 saturated heterocycles. The third-order valence-electron chi connectivity index (χ3n) is 1.72. The lowest BCUT2D eigenvalue weighted by molar-refractivity contribution is 0.0922. The Morgan fingerprint density at radius 3 is 2.86 bits per heavy atom. The lowest BCUT2D eigenvalue weighted by Gasteiger charge is -2.04. The van der Waals surface area contributed by atoms with Crippen molar-refractivity contribution in [2.45, 2.75) is 6.92 Å². The highest BCUT2D eigenvalue weighted by molar-refractivity contribution is 5.94. The van der Waals surface area contributed by atoms with E-state index in [1.165, 1.54) is 0 Å². The molecule has 1 rings (SSSR count). The molecule has 3 heteroatoms. The summed E-state index contributed by atoms with van der Waals surface area (Å²) in [5.41, 5.74) is 0.653. The van der Waals surface area contributed by atoms with Crippen LogP contribution in [0.2, 0.25) is 0 Å². The zero-order valence-corrected chi connectivity index (χ0v) is 8.25. The second kappa shape index (κ2) is 6.16. The fourth-order valence-corrected chi connectivity index (χ4v) is 1.02. The summed E-state index contributed by atoms with van der Waals surface area (Å²) in [6, 6.07) is 9.76. The van der Waals surface area contributed by atoms with Gasteiger partial charge in [-0.25, -0.2) is 0 Å². The van der Waals surface area contributed by atoms with Crippen LogP contribution in [0.3, 0.4) is 0 Å². The molecule has 0 aromatic heterocycles. The highest BCUT2D eigenvalue weighted by Crippen LogP contribution is 1.96. The van der Waals surface area contributed by atoms with Gasteiger partial charge in [0.2, 0.25) is 0 Å². The molecule has 1 N–H and O–H groups in total. The summed E-state index contributed by atoms with van der Waals surface area (Å²) in [7, 11) is 0. The van der Waals surface area contributed by atoms with Crippen LogP contribution in [0.15, 0.2) is 24.3 Å². The number of benzene rings is 1. The molecule has 0 heterocycles. The van der Waals surface area contributed by atoms with Crippen molar-refractivity contribution in [3.63, 3.8) is 0 Å². The van der Waals surface area contributed by atoms with Crippen LogP contribution in [0.4, 0.5) is 0 Å². The van der Waals surface area contributed by atoms with Crippen molar-refractivity contribution >= 4 is 5.91 Å². The molecule has 1 radical (unpaired) electrons. The van der Waals surface area contributed by atoms with Gasteiger partial charge < -0.3 is 10.1 Å². The molecule has 0 bridgehead atoms. The molecule has 0 spiro atoms. The SMILES string of the molecule is CCOCCNC(=O)c1cc[c]cc1. The molecule has 75 valence electrons. The number of rotatable bonds is 5. The maximum atomic E-state index is 11.4. The fraction of sp³-hybridized carbons (Fsp3) is 0.364. The van der Waals surface area contributed by atoms with Gasteiger partial charge in [-0.3, -0.25) is 4.79 Å². The van der Waals surface area contributed by atoms with Gasteiger partial charge in [0, 0.05) is 18.7 Å². The van der Waals surface area contributed by atoms with Crippen molar-refractivity contribution in [2.24, 2.45) is 0 Å². The molecule has 0 fully saturated rings. The largest absolute Gasteiger partial charge is 0.380 e. The van der Waals surface area contributed by atoms with E-state index in [0.717, 1.165) is 0 Å². The number of carbonyl (C=O) groups excluding carboxylic acids is 1. The minimum absolute atomic E-state index is 0.0706. The fourth-order valence-electron chi connectivity index (χ4n) is 1.02. The van der Waals surface area contributed by atoms with Gasteiger partial charge in [-0.05, 0) is 25.1 Å². The zero-order valence-electron chi connectivity index (χ0n) is 8.25. The Balaban J connectivity index is 2.29. The Labute approximate surface area is 84.1 Å². The molecule has 0 aliphatic carbocycles. The minimum Gasteiger partial charge on any atom is -0.380 e. The van der Waals surface area contributed by atoms with Gasteiger partial charge in [-0.2, -0.15) is 0 Å². The number of hydrogen-bond acceptors (Lipinski definition) is 2. The van der Waals surface area contributed by atoms with Crippen molar-refractivity contribution in [3.05, 3.63) is 35.9 Å². The number of hydrogen-bond donors (Lipinski definition) is 1. The van der Waals surface area contributed by atoms with Gasteiger partial charge in [0.05, 0.1) is 6.61 Å². The van der Waals surface area contributed by atoms with Crippen LogP contribution in [0.1, 0.15) is 17.3 Å².